The molecule has 0 bridgehead atoms. The molecule has 0 unspecified atom stereocenters. The Morgan fingerprint density at radius 1 is 1.14 bits per heavy atom. The van der Waals surface area contributed by atoms with Crippen LogP contribution >= 0.6 is 0 Å². The van der Waals surface area contributed by atoms with Gasteiger partial charge in [0.05, 0.1) is 5.69 Å². The molecule has 1 aliphatic carbocycles. The summed E-state index contributed by atoms with van der Waals surface area (Å²) in [5, 5.41) is 3.36. The van der Waals surface area contributed by atoms with Crippen LogP contribution in [0.2, 0.25) is 0 Å². The van der Waals surface area contributed by atoms with Crippen LogP contribution in [0.1, 0.15) is 18.4 Å². The van der Waals surface area contributed by atoms with E-state index in [2.05, 4.69) is 5.32 Å². The van der Waals surface area contributed by atoms with E-state index in [0.29, 0.717) is 24.0 Å². The summed E-state index contributed by atoms with van der Waals surface area (Å²) in [4.78, 5) is 1.65. The maximum absolute atomic E-state index is 14.3. The fourth-order valence-corrected chi connectivity index (χ4v) is 2.31. The minimum absolute atomic E-state index is 0.295. The molecule has 2 aromatic rings. The van der Waals surface area contributed by atoms with Crippen LogP contribution in [0.4, 0.5) is 20.2 Å². The highest BCUT2D eigenvalue weighted by molar-refractivity contribution is 5.63. The molecule has 0 amide bonds. The number of hydrogen-bond acceptors (Lipinski definition) is 2. The summed E-state index contributed by atoms with van der Waals surface area (Å²) in [6, 6.07) is 11.9. The second-order valence-electron chi connectivity index (χ2n) is 5.48. The van der Waals surface area contributed by atoms with E-state index in [0.717, 1.165) is 5.56 Å². The fraction of sp³-hybridized carbons (Fsp3) is 0.294. The maximum Gasteiger partial charge on any atom is 0.147 e. The lowest BCUT2D eigenvalue weighted by molar-refractivity contribution is 0.618. The summed E-state index contributed by atoms with van der Waals surface area (Å²) in [5.41, 5.74) is 1.99. The molecule has 3 rings (SSSR count). The van der Waals surface area contributed by atoms with E-state index in [1.165, 1.54) is 25.0 Å². The van der Waals surface area contributed by atoms with Gasteiger partial charge in [-0.05, 0) is 48.7 Å². The molecule has 0 spiro atoms. The third-order valence-electron chi connectivity index (χ3n) is 3.74. The summed E-state index contributed by atoms with van der Waals surface area (Å²) < 4.78 is 27.5. The van der Waals surface area contributed by atoms with Crippen molar-refractivity contribution in [1.82, 2.24) is 5.32 Å². The topological polar surface area (TPSA) is 15.3 Å². The predicted molar refractivity (Wildman–Crippen MR) is 80.7 cm³/mol. The van der Waals surface area contributed by atoms with Crippen LogP contribution in [0.3, 0.4) is 0 Å². The summed E-state index contributed by atoms with van der Waals surface area (Å²) >= 11 is 0. The van der Waals surface area contributed by atoms with Crippen molar-refractivity contribution in [3.05, 3.63) is 59.7 Å². The Kier molecular flexibility index (Phi) is 3.88. The molecule has 2 aromatic carbocycles. The second kappa shape index (κ2) is 5.82. The lowest BCUT2D eigenvalue weighted by Gasteiger charge is -2.20. The molecule has 0 aliphatic heterocycles. The normalized spacial score (nSPS) is 14.2. The number of nitrogens with zero attached hydrogens (tertiary/aromatic N) is 1. The van der Waals surface area contributed by atoms with Gasteiger partial charge in [-0.2, -0.15) is 0 Å². The number of rotatable bonds is 5. The highest BCUT2D eigenvalue weighted by atomic mass is 19.1. The zero-order valence-corrected chi connectivity index (χ0v) is 11.9. The number of anilines is 2. The number of nitrogens with one attached hydrogen (secondary N) is 1. The first kappa shape index (κ1) is 14.0. The average molecular weight is 288 g/mol. The number of halogens is 2. The Morgan fingerprint density at radius 2 is 1.95 bits per heavy atom. The van der Waals surface area contributed by atoms with Gasteiger partial charge in [-0.1, -0.05) is 12.1 Å². The molecule has 110 valence electrons. The average Bonchev–Trinajstić information content (AvgIpc) is 3.29. The van der Waals surface area contributed by atoms with E-state index < -0.39 is 0 Å². The molecule has 0 radical (unpaired) electrons. The van der Waals surface area contributed by atoms with Crippen molar-refractivity contribution in [2.24, 2.45) is 0 Å². The second-order valence-corrected chi connectivity index (χ2v) is 5.48. The fourth-order valence-electron chi connectivity index (χ4n) is 2.31. The summed E-state index contributed by atoms with van der Waals surface area (Å²) in [7, 11) is 1.73. The van der Waals surface area contributed by atoms with Crippen LogP contribution in [0.25, 0.3) is 0 Å². The number of hydrogen-bond donors (Lipinski definition) is 1. The van der Waals surface area contributed by atoms with Crippen molar-refractivity contribution in [1.29, 1.82) is 0 Å². The Balaban J connectivity index is 1.77. The minimum Gasteiger partial charge on any atom is -0.342 e. The van der Waals surface area contributed by atoms with Gasteiger partial charge in [0.15, 0.2) is 0 Å². The van der Waals surface area contributed by atoms with Gasteiger partial charge in [0.2, 0.25) is 0 Å². The number of benzene rings is 2. The predicted octanol–water partition coefficient (Wildman–Crippen LogP) is 3.98. The van der Waals surface area contributed by atoms with Crippen molar-refractivity contribution in [2.45, 2.75) is 25.4 Å². The van der Waals surface area contributed by atoms with Gasteiger partial charge in [0, 0.05) is 25.3 Å². The molecule has 1 saturated carbocycles. The minimum atomic E-state index is -0.329. The first-order valence-electron chi connectivity index (χ1n) is 7.14. The van der Waals surface area contributed by atoms with Crippen molar-refractivity contribution in [3.63, 3.8) is 0 Å². The Labute approximate surface area is 123 Å². The van der Waals surface area contributed by atoms with Gasteiger partial charge in [-0.3, -0.25) is 0 Å². The first-order chi connectivity index (χ1) is 10.1. The van der Waals surface area contributed by atoms with Crippen molar-refractivity contribution in [2.75, 3.05) is 11.9 Å². The SMILES string of the molecule is CN(c1cccc(F)c1)c1ccc(CNC2CC2)cc1F. The van der Waals surface area contributed by atoms with Crippen LogP contribution in [0, 0.1) is 11.6 Å². The standard InChI is InChI=1S/C17H18F2N2/c1-21(15-4-2-3-13(18)10-15)17-8-5-12(9-16(17)19)11-20-14-6-7-14/h2-5,8-10,14,20H,6-7,11H2,1H3. The monoisotopic (exact) mass is 288 g/mol. The summed E-state index contributed by atoms with van der Waals surface area (Å²) in [5.74, 6) is -0.623. The lowest BCUT2D eigenvalue weighted by atomic mass is 10.1. The van der Waals surface area contributed by atoms with E-state index in [9.17, 15) is 8.78 Å². The van der Waals surface area contributed by atoms with Crippen molar-refractivity contribution < 1.29 is 8.78 Å². The van der Waals surface area contributed by atoms with E-state index in [1.807, 2.05) is 6.07 Å². The molecule has 1 N–H and O–H groups in total. The zero-order chi connectivity index (χ0) is 14.8. The van der Waals surface area contributed by atoms with Crippen LogP contribution in [-0.2, 0) is 6.54 Å². The van der Waals surface area contributed by atoms with Gasteiger partial charge < -0.3 is 10.2 Å². The summed E-state index contributed by atoms with van der Waals surface area (Å²) in [6.07, 6.45) is 2.42. The highest BCUT2D eigenvalue weighted by Crippen LogP contribution is 2.27. The molecule has 21 heavy (non-hydrogen) atoms. The van der Waals surface area contributed by atoms with E-state index in [4.69, 9.17) is 0 Å². The van der Waals surface area contributed by atoms with E-state index in [1.54, 1.807) is 36.2 Å². The van der Waals surface area contributed by atoms with Crippen LogP contribution < -0.4 is 10.2 Å². The molecular weight excluding hydrogens is 270 g/mol. The van der Waals surface area contributed by atoms with Crippen molar-refractivity contribution >= 4 is 11.4 Å². The van der Waals surface area contributed by atoms with E-state index in [-0.39, 0.29) is 11.6 Å². The quantitative estimate of drug-likeness (QED) is 0.895. The van der Waals surface area contributed by atoms with Crippen LogP contribution in [0.5, 0.6) is 0 Å². The van der Waals surface area contributed by atoms with E-state index >= 15 is 0 Å². The molecule has 2 nitrogen and oxygen atoms in total. The zero-order valence-electron chi connectivity index (χ0n) is 11.9. The molecule has 4 heteroatoms. The van der Waals surface area contributed by atoms with Gasteiger partial charge in [0.1, 0.15) is 11.6 Å². The van der Waals surface area contributed by atoms with Gasteiger partial charge in [-0.15, -0.1) is 0 Å². The first-order valence-corrected chi connectivity index (χ1v) is 7.14. The van der Waals surface area contributed by atoms with Gasteiger partial charge >= 0.3 is 0 Å². The smallest absolute Gasteiger partial charge is 0.147 e. The molecule has 0 heterocycles. The third-order valence-corrected chi connectivity index (χ3v) is 3.74. The lowest BCUT2D eigenvalue weighted by Crippen LogP contribution is -2.16. The highest BCUT2D eigenvalue weighted by Gasteiger charge is 2.20. The van der Waals surface area contributed by atoms with Crippen molar-refractivity contribution in [3.8, 4) is 0 Å². The molecule has 0 aromatic heterocycles. The largest absolute Gasteiger partial charge is 0.342 e. The van der Waals surface area contributed by atoms with Crippen LogP contribution in [0.15, 0.2) is 42.5 Å². The molecule has 1 aliphatic rings. The maximum atomic E-state index is 14.3. The third kappa shape index (κ3) is 3.39. The molecule has 0 saturated heterocycles. The Hall–Kier alpha value is -1.94. The Bertz CT molecular complexity index is 638. The van der Waals surface area contributed by atoms with Gasteiger partial charge in [-0.25, -0.2) is 8.78 Å². The molecular formula is C17H18F2N2. The van der Waals surface area contributed by atoms with Crippen LogP contribution in [-0.4, -0.2) is 13.1 Å². The molecule has 1 fully saturated rings. The summed E-state index contributed by atoms with van der Waals surface area (Å²) in [6.45, 7) is 0.686. The Morgan fingerprint density at radius 3 is 2.62 bits per heavy atom. The molecule has 0 atom stereocenters. The van der Waals surface area contributed by atoms with Gasteiger partial charge in [0.25, 0.3) is 0 Å².